The van der Waals surface area contributed by atoms with E-state index in [1.165, 1.54) is 0 Å². The number of rotatable bonds is 2. The maximum absolute atomic E-state index is 5.80. The van der Waals surface area contributed by atoms with Crippen molar-refractivity contribution in [3.8, 4) is 11.4 Å². The minimum atomic E-state index is 0.463. The fourth-order valence-corrected chi connectivity index (χ4v) is 2.20. The van der Waals surface area contributed by atoms with E-state index in [2.05, 4.69) is 31.5 Å². The number of nitrogens with two attached hydrogens (primary N) is 1. The maximum Gasteiger partial charge on any atom is 0.182 e. The Bertz CT molecular complexity index is 512. The quantitative estimate of drug-likeness (QED) is 0.854. The molecule has 1 saturated carbocycles. The highest BCUT2D eigenvalue weighted by Gasteiger charge is 2.28. The van der Waals surface area contributed by atoms with Gasteiger partial charge in [-0.25, -0.2) is 4.68 Å². The lowest BCUT2D eigenvalue weighted by atomic mass is 10.2. The van der Waals surface area contributed by atoms with Crippen LogP contribution >= 0.6 is 15.9 Å². The Kier molecular flexibility index (Phi) is 2.17. The van der Waals surface area contributed by atoms with Crippen molar-refractivity contribution in [1.29, 1.82) is 0 Å². The van der Waals surface area contributed by atoms with Crippen LogP contribution in [0, 0.1) is 0 Å². The molecular weight excluding hydrogens is 270 g/mol. The van der Waals surface area contributed by atoms with Crippen LogP contribution in [0.3, 0.4) is 0 Å². The molecule has 0 atom stereocenters. The Morgan fingerprint density at radius 3 is 2.81 bits per heavy atom. The summed E-state index contributed by atoms with van der Waals surface area (Å²) in [6.07, 6.45) is 2.31. The Morgan fingerprint density at radius 2 is 2.12 bits per heavy atom. The predicted octanol–water partition coefficient (Wildman–Crippen LogP) is 2.02. The van der Waals surface area contributed by atoms with Crippen molar-refractivity contribution in [3.63, 3.8) is 0 Å². The van der Waals surface area contributed by atoms with E-state index in [0.717, 1.165) is 28.7 Å². The molecular formula is C10H10BrN5. The van der Waals surface area contributed by atoms with Gasteiger partial charge in [-0.3, -0.25) is 0 Å². The molecule has 0 radical (unpaired) electrons. The number of halogens is 1. The van der Waals surface area contributed by atoms with Crippen LogP contribution in [0.1, 0.15) is 18.9 Å². The fourth-order valence-electron chi connectivity index (χ4n) is 1.69. The van der Waals surface area contributed by atoms with E-state index in [-0.39, 0.29) is 0 Å². The van der Waals surface area contributed by atoms with Gasteiger partial charge in [0.1, 0.15) is 0 Å². The van der Waals surface area contributed by atoms with Crippen LogP contribution in [0.5, 0.6) is 0 Å². The van der Waals surface area contributed by atoms with E-state index in [0.29, 0.717) is 11.7 Å². The summed E-state index contributed by atoms with van der Waals surface area (Å²) in [5.74, 6) is 0.788. The third-order valence-electron chi connectivity index (χ3n) is 2.56. The molecule has 1 aromatic carbocycles. The lowest BCUT2D eigenvalue weighted by molar-refractivity contribution is 0.615. The third kappa shape index (κ3) is 1.69. The first-order valence-corrected chi connectivity index (χ1v) is 5.87. The van der Waals surface area contributed by atoms with Gasteiger partial charge in [0.2, 0.25) is 0 Å². The summed E-state index contributed by atoms with van der Waals surface area (Å²) in [7, 11) is 0. The Labute approximate surface area is 101 Å². The molecule has 0 saturated heterocycles. The van der Waals surface area contributed by atoms with Gasteiger partial charge < -0.3 is 5.73 Å². The van der Waals surface area contributed by atoms with Crippen LogP contribution in [0.2, 0.25) is 0 Å². The number of nitrogen functional groups attached to an aromatic ring is 1. The highest BCUT2D eigenvalue weighted by molar-refractivity contribution is 9.10. The second kappa shape index (κ2) is 3.55. The number of tetrazole rings is 1. The highest BCUT2D eigenvalue weighted by Crippen LogP contribution is 2.37. The number of hydrogen-bond acceptors (Lipinski definition) is 4. The molecule has 0 bridgehead atoms. The van der Waals surface area contributed by atoms with Gasteiger partial charge in [0.05, 0.1) is 6.04 Å². The zero-order valence-electron chi connectivity index (χ0n) is 8.47. The summed E-state index contributed by atoms with van der Waals surface area (Å²) in [5, 5.41) is 11.8. The molecule has 1 aromatic heterocycles. The zero-order chi connectivity index (χ0) is 11.1. The topological polar surface area (TPSA) is 69.6 Å². The van der Waals surface area contributed by atoms with E-state index >= 15 is 0 Å². The average Bonchev–Trinajstić information content (AvgIpc) is 2.94. The first-order chi connectivity index (χ1) is 7.74. The second-order valence-electron chi connectivity index (χ2n) is 3.95. The fraction of sp³-hybridized carbons (Fsp3) is 0.300. The van der Waals surface area contributed by atoms with Crippen LogP contribution < -0.4 is 5.73 Å². The van der Waals surface area contributed by atoms with Gasteiger partial charge in [0.25, 0.3) is 0 Å². The lowest BCUT2D eigenvalue weighted by Crippen LogP contribution is -2.00. The summed E-state index contributed by atoms with van der Waals surface area (Å²) in [6, 6.07) is 6.18. The molecule has 1 heterocycles. The van der Waals surface area contributed by atoms with Gasteiger partial charge in [0.15, 0.2) is 5.82 Å². The first kappa shape index (κ1) is 9.77. The van der Waals surface area contributed by atoms with Crippen molar-refractivity contribution < 1.29 is 0 Å². The van der Waals surface area contributed by atoms with Crippen LogP contribution in [0.25, 0.3) is 11.4 Å². The van der Waals surface area contributed by atoms with Crippen LogP contribution in [-0.4, -0.2) is 20.2 Å². The lowest BCUT2D eigenvalue weighted by Gasteiger charge is -2.04. The number of benzene rings is 1. The summed E-state index contributed by atoms with van der Waals surface area (Å²) in [5.41, 5.74) is 7.45. The molecule has 2 N–H and O–H groups in total. The van der Waals surface area contributed by atoms with Gasteiger partial charge in [0, 0.05) is 15.7 Å². The van der Waals surface area contributed by atoms with Crippen molar-refractivity contribution in [1.82, 2.24) is 20.2 Å². The van der Waals surface area contributed by atoms with Crippen LogP contribution in [-0.2, 0) is 0 Å². The molecule has 0 aliphatic heterocycles. The summed E-state index contributed by atoms with van der Waals surface area (Å²) in [4.78, 5) is 0. The molecule has 1 aliphatic carbocycles. The molecule has 16 heavy (non-hydrogen) atoms. The van der Waals surface area contributed by atoms with Crippen LogP contribution in [0.4, 0.5) is 5.69 Å². The SMILES string of the molecule is Nc1cc(Br)cc(-c2nnnn2C2CC2)c1. The van der Waals surface area contributed by atoms with E-state index in [9.17, 15) is 0 Å². The third-order valence-corrected chi connectivity index (χ3v) is 3.02. The molecule has 0 amide bonds. The minimum Gasteiger partial charge on any atom is -0.399 e. The number of nitrogens with zero attached hydrogens (tertiary/aromatic N) is 4. The van der Waals surface area contributed by atoms with Crippen molar-refractivity contribution in [3.05, 3.63) is 22.7 Å². The summed E-state index contributed by atoms with van der Waals surface area (Å²) < 4.78 is 2.81. The summed E-state index contributed by atoms with van der Waals surface area (Å²) in [6.45, 7) is 0. The van der Waals surface area contributed by atoms with Crippen molar-refractivity contribution >= 4 is 21.6 Å². The molecule has 0 spiro atoms. The number of aromatic nitrogens is 4. The van der Waals surface area contributed by atoms with E-state index in [1.807, 2.05) is 22.9 Å². The molecule has 3 rings (SSSR count). The zero-order valence-corrected chi connectivity index (χ0v) is 10.1. The molecule has 1 fully saturated rings. The normalized spacial score (nSPS) is 15.3. The van der Waals surface area contributed by atoms with Gasteiger partial charge in [-0.05, 0) is 41.5 Å². The minimum absolute atomic E-state index is 0.463. The van der Waals surface area contributed by atoms with E-state index < -0.39 is 0 Å². The Hall–Kier alpha value is -1.43. The maximum atomic E-state index is 5.80. The van der Waals surface area contributed by atoms with Crippen LogP contribution in [0.15, 0.2) is 22.7 Å². The van der Waals surface area contributed by atoms with E-state index in [4.69, 9.17) is 5.73 Å². The summed E-state index contributed by atoms with van der Waals surface area (Å²) >= 11 is 3.42. The van der Waals surface area contributed by atoms with Gasteiger partial charge >= 0.3 is 0 Å². The van der Waals surface area contributed by atoms with Gasteiger partial charge in [-0.15, -0.1) is 5.10 Å². The molecule has 1 aliphatic rings. The monoisotopic (exact) mass is 279 g/mol. The van der Waals surface area contributed by atoms with Crippen molar-refractivity contribution in [2.24, 2.45) is 0 Å². The molecule has 82 valence electrons. The molecule has 5 nitrogen and oxygen atoms in total. The Balaban J connectivity index is 2.10. The van der Waals surface area contributed by atoms with E-state index in [1.54, 1.807) is 0 Å². The standard InChI is InChI=1S/C10H10BrN5/c11-7-3-6(4-8(12)5-7)10-13-14-15-16(10)9-1-2-9/h3-5,9H,1-2,12H2. The molecule has 0 unspecified atom stereocenters. The van der Waals surface area contributed by atoms with Crippen molar-refractivity contribution in [2.75, 3.05) is 5.73 Å². The first-order valence-electron chi connectivity index (χ1n) is 5.08. The smallest absolute Gasteiger partial charge is 0.182 e. The number of anilines is 1. The largest absolute Gasteiger partial charge is 0.399 e. The average molecular weight is 280 g/mol. The predicted molar refractivity (Wildman–Crippen MR) is 63.6 cm³/mol. The van der Waals surface area contributed by atoms with Crippen molar-refractivity contribution in [2.45, 2.75) is 18.9 Å². The highest BCUT2D eigenvalue weighted by atomic mass is 79.9. The Morgan fingerprint density at radius 1 is 1.31 bits per heavy atom. The molecule has 6 heteroatoms. The van der Waals surface area contributed by atoms with Gasteiger partial charge in [-0.2, -0.15) is 0 Å². The van der Waals surface area contributed by atoms with Gasteiger partial charge in [-0.1, -0.05) is 15.9 Å². The second-order valence-corrected chi connectivity index (χ2v) is 4.87. The number of hydrogen-bond donors (Lipinski definition) is 1. The molecule has 2 aromatic rings.